The molecule has 1 heterocycles. The first-order valence-corrected chi connectivity index (χ1v) is 6.66. The Balaban J connectivity index is 2.19. The Morgan fingerprint density at radius 3 is 2.60 bits per heavy atom. The minimum atomic E-state index is -0.898. The van der Waals surface area contributed by atoms with Gasteiger partial charge in [0.15, 0.2) is 0 Å². The number of benzene rings is 1. The van der Waals surface area contributed by atoms with Crippen LogP contribution in [0, 0.1) is 0 Å². The molecule has 1 amide bonds. The molecule has 2 rings (SSSR count). The van der Waals surface area contributed by atoms with Crippen molar-refractivity contribution < 1.29 is 14.7 Å². The maximum absolute atomic E-state index is 12.0. The van der Waals surface area contributed by atoms with Crippen LogP contribution in [0.1, 0.15) is 26.3 Å². The Kier molecular flexibility index (Phi) is 3.70. The molecule has 0 bridgehead atoms. The topological polar surface area (TPSA) is 69.6 Å². The third-order valence-corrected chi connectivity index (χ3v) is 3.20. The van der Waals surface area contributed by atoms with E-state index in [0.717, 1.165) is 11.3 Å². The third-order valence-electron chi connectivity index (χ3n) is 3.20. The summed E-state index contributed by atoms with van der Waals surface area (Å²) in [4.78, 5) is 25.1. The van der Waals surface area contributed by atoms with Crippen molar-refractivity contribution in [2.45, 2.75) is 38.8 Å². The fourth-order valence-electron chi connectivity index (χ4n) is 2.48. The molecule has 1 aliphatic heterocycles. The Morgan fingerprint density at radius 2 is 2.00 bits per heavy atom. The molecule has 0 aromatic heterocycles. The number of carbonyl (C=O) groups is 2. The molecule has 2 N–H and O–H groups in total. The van der Waals surface area contributed by atoms with Crippen molar-refractivity contribution in [1.29, 1.82) is 0 Å². The summed E-state index contributed by atoms with van der Waals surface area (Å²) in [7, 11) is 0. The monoisotopic (exact) mass is 276 g/mol. The molecule has 20 heavy (non-hydrogen) atoms. The number of nitrogens with zero attached hydrogens (tertiary/aromatic N) is 1. The number of para-hydroxylation sites is 1. The lowest BCUT2D eigenvalue weighted by atomic mass is 10.1. The summed E-state index contributed by atoms with van der Waals surface area (Å²) >= 11 is 0. The molecule has 1 aromatic rings. The van der Waals surface area contributed by atoms with Gasteiger partial charge in [-0.1, -0.05) is 18.2 Å². The summed E-state index contributed by atoms with van der Waals surface area (Å²) in [5.74, 6) is -1.06. The van der Waals surface area contributed by atoms with Crippen LogP contribution in [0.4, 0.5) is 5.69 Å². The predicted molar refractivity (Wildman–Crippen MR) is 76.8 cm³/mol. The van der Waals surface area contributed by atoms with Crippen LogP contribution in [0.15, 0.2) is 24.3 Å². The van der Waals surface area contributed by atoms with E-state index in [1.54, 1.807) is 4.90 Å². The van der Waals surface area contributed by atoms with Gasteiger partial charge in [-0.05, 0) is 32.4 Å². The van der Waals surface area contributed by atoms with E-state index >= 15 is 0 Å². The van der Waals surface area contributed by atoms with E-state index < -0.39 is 12.0 Å². The van der Waals surface area contributed by atoms with Crippen molar-refractivity contribution in [1.82, 2.24) is 5.32 Å². The SMILES string of the molecule is CC(C)(C)NC(=O)CN1c2ccccc2CC1C(=O)O. The number of fused-ring (bicyclic) bond motifs is 1. The number of nitrogens with one attached hydrogen (secondary N) is 1. The van der Waals surface area contributed by atoms with Crippen LogP contribution in [-0.4, -0.2) is 35.1 Å². The van der Waals surface area contributed by atoms with Crippen LogP contribution in [0.25, 0.3) is 0 Å². The molecule has 5 nitrogen and oxygen atoms in total. The van der Waals surface area contributed by atoms with Crippen LogP contribution < -0.4 is 10.2 Å². The number of hydrogen-bond donors (Lipinski definition) is 2. The number of rotatable bonds is 3. The number of carbonyl (C=O) groups excluding carboxylic acids is 1. The molecule has 1 atom stereocenters. The average molecular weight is 276 g/mol. The quantitative estimate of drug-likeness (QED) is 0.876. The summed E-state index contributed by atoms with van der Waals surface area (Å²) in [6, 6.07) is 6.85. The van der Waals surface area contributed by atoms with Gasteiger partial charge in [0.2, 0.25) is 5.91 Å². The smallest absolute Gasteiger partial charge is 0.326 e. The molecular formula is C15H20N2O3. The van der Waals surface area contributed by atoms with Gasteiger partial charge in [-0.3, -0.25) is 4.79 Å². The lowest BCUT2D eigenvalue weighted by molar-refractivity contribution is -0.138. The molecule has 1 aromatic carbocycles. The van der Waals surface area contributed by atoms with E-state index in [-0.39, 0.29) is 18.0 Å². The lowest BCUT2D eigenvalue weighted by Gasteiger charge is -2.27. The zero-order chi connectivity index (χ0) is 14.9. The van der Waals surface area contributed by atoms with Crippen LogP contribution in [0.5, 0.6) is 0 Å². The Bertz CT molecular complexity index is 534. The number of carboxylic acids is 1. The van der Waals surface area contributed by atoms with Gasteiger partial charge in [0.05, 0.1) is 6.54 Å². The molecule has 0 saturated heterocycles. The molecule has 0 radical (unpaired) electrons. The highest BCUT2D eigenvalue weighted by Crippen LogP contribution is 2.31. The number of amides is 1. The first kappa shape index (κ1) is 14.4. The fourth-order valence-corrected chi connectivity index (χ4v) is 2.48. The maximum Gasteiger partial charge on any atom is 0.326 e. The fraction of sp³-hybridized carbons (Fsp3) is 0.467. The van der Waals surface area contributed by atoms with Crippen LogP contribution in [-0.2, 0) is 16.0 Å². The van der Waals surface area contributed by atoms with Crippen molar-refractivity contribution >= 4 is 17.6 Å². The van der Waals surface area contributed by atoms with Gasteiger partial charge in [-0.15, -0.1) is 0 Å². The van der Waals surface area contributed by atoms with Gasteiger partial charge in [0.1, 0.15) is 6.04 Å². The molecule has 0 aliphatic carbocycles. The van der Waals surface area contributed by atoms with E-state index in [2.05, 4.69) is 5.32 Å². The van der Waals surface area contributed by atoms with Crippen molar-refractivity contribution in [2.75, 3.05) is 11.4 Å². The van der Waals surface area contributed by atoms with E-state index in [0.29, 0.717) is 6.42 Å². The second-order valence-electron chi connectivity index (χ2n) is 6.11. The minimum absolute atomic E-state index is 0.0608. The molecule has 0 spiro atoms. The molecule has 0 saturated carbocycles. The van der Waals surface area contributed by atoms with Crippen LogP contribution >= 0.6 is 0 Å². The zero-order valence-corrected chi connectivity index (χ0v) is 12.0. The van der Waals surface area contributed by atoms with E-state index in [1.807, 2.05) is 45.0 Å². The van der Waals surface area contributed by atoms with Gasteiger partial charge >= 0.3 is 5.97 Å². The predicted octanol–water partition coefficient (Wildman–Crippen LogP) is 1.42. The largest absolute Gasteiger partial charge is 0.480 e. The van der Waals surface area contributed by atoms with E-state index in [1.165, 1.54) is 0 Å². The normalized spacial score (nSPS) is 17.8. The highest BCUT2D eigenvalue weighted by Gasteiger charge is 2.35. The highest BCUT2D eigenvalue weighted by atomic mass is 16.4. The second-order valence-corrected chi connectivity index (χ2v) is 6.11. The van der Waals surface area contributed by atoms with Crippen molar-refractivity contribution in [3.63, 3.8) is 0 Å². The second kappa shape index (κ2) is 5.15. The molecule has 108 valence electrons. The average Bonchev–Trinajstić information content (AvgIpc) is 2.66. The number of aliphatic carboxylic acids is 1. The summed E-state index contributed by atoms with van der Waals surface area (Å²) < 4.78 is 0. The van der Waals surface area contributed by atoms with Gasteiger partial charge in [0, 0.05) is 17.6 Å². The molecule has 1 unspecified atom stereocenters. The maximum atomic E-state index is 12.0. The summed E-state index contributed by atoms with van der Waals surface area (Å²) in [5.41, 5.74) is 1.49. The Morgan fingerprint density at radius 1 is 1.35 bits per heavy atom. The molecular weight excluding hydrogens is 256 g/mol. The standard InChI is InChI=1S/C15H20N2O3/c1-15(2,3)16-13(18)9-17-11-7-5-4-6-10(11)8-12(17)14(19)20/h4-7,12H,8-9H2,1-3H3,(H,16,18)(H,19,20). The third kappa shape index (κ3) is 3.10. The Labute approximate surface area is 118 Å². The molecule has 5 heteroatoms. The van der Waals surface area contributed by atoms with Crippen LogP contribution in [0.3, 0.4) is 0 Å². The van der Waals surface area contributed by atoms with Crippen molar-refractivity contribution in [2.24, 2.45) is 0 Å². The first-order chi connectivity index (χ1) is 9.28. The molecule has 1 aliphatic rings. The van der Waals surface area contributed by atoms with Crippen molar-refractivity contribution in [3.05, 3.63) is 29.8 Å². The van der Waals surface area contributed by atoms with Gasteiger partial charge in [0.25, 0.3) is 0 Å². The van der Waals surface area contributed by atoms with E-state index in [4.69, 9.17) is 0 Å². The summed E-state index contributed by atoms with van der Waals surface area (Å²) in [6.45, 7) is 5.76. The minimum Gasteiger partial charge on any atom is -0.480 e. The van der Waals surface area contributed by atoms with Gasteiger partial charge < -0.3 is 15.3 Å². The van der Waals surface area contributed by atoms with Crippen LogP contribution in [0.2, 0.25) is 0 Å². The molecule has 0 fully saturated rings. The zero-order valence-electron chi connectivity index (χ0n) is 12.0. The first-order valence-electron chi connectivity index (χ1n) is 6.66. The number of anilines is 1. The highest BCUT2D eigenvalue weighted by molar-refractivity contribution is 5.88. The van der Waals surface area contributed by atoms with Gasteiger partial charge in [-0.2, -0.15) is 0 Å². The number of carboxylic acid groups (broad SMARTS) is 1. The summed E-state index contributed by atoms with van der Waals surface area (Å²) in [6.07, 6.45) is 0.439. The van der Waals surface area contributed by atoms with Gasteiger partial charge in [-0.25, -0.2) is 4.79 Å². The van der Waals surface area contributed by atoms with E-state index in [9.17, 15) is 14.7 Å². The summed E-state index contributed by atoms with van der Waals surface area (Å²) in [5, 5.41) is 12.2. The lowest BCUT2D eigenvalue weighted by Crippen LogP contribution is -2.49. The number of hydrogen-bond acceptors (Lipinski definition) is 3. The van der Waals surface area contributed by atoms with Crippen molar-refractivity contribution in [3.8, 4) is 0 Å². The Hall–Kier alpha value is -2.04.